The smallest absolute Gasteiger partial charge is 0.379 e. The van der Waals surface area contributed by atoms with E-state index in [9.17, 15) is 13.2 Å². The maximum atomic E-state index is 13.2. The van der Waals surface area contributed by atoms with Crippen LogP contribution in [-0.4, -0.2) is 70.6 Å². The minimum atomic E-state index is -4.59. The van der Waals surface area contributed by atoms with Crippen molar-refractivity contribution in [1.29, 1.82) is 0 Å². The molecular formula is C18H25F3N6O. The highest BCUT2D eigenvalue weighted by atomic mass is 19.4. The van der Waals surface area contributed by atoms with Gasteiger partial charge in [-0.15, -0.1) is 15.3 Å². The Kier molecular flexibility index (Phi) is 5.17. The number of nitrogens with zero attached hydrogens (tertiary/aromatic N) is 6. The van der Waals surface area contributed by atoms with Gasteiger partial charge in [0.15, 0.2) is 11.5 Å². The molecule has 2 aliphatic rings. The lowest BCUT2D eigenvalue weighted by Gasteiger charge is -2.37. The van der Waals surface area contributed by atoms with Crippen LogP contribution in [0.4, 0.5) is 19.0 Å². The molecule has 10 heteroatoms. The second-order valence-electron chi connectivity index (χ2n) is 7.67. The van der Waals surface area contributed by atoms with Gasteiger partial charge in [0.2, 0.25) is 0 Å². The summed E-state index contributed by atoms with van der Waals surface area (Å²) in [5.41, 5.74) is 1.71. The molecule has 0 amide bonds. The number of halogens is 3. The van der Waals surface area contributed by atoms with Gasteiger partial charge in [0.05, 0.1) is 13.2 Å². The Morgan fingerprint density at radius 3 is 2.32 bits per heavy atom. The van der Waals surface area contributed by atoms with Crippen molar-refractivity contribution in [1.82, 2.24) is 24.7 Å². The van der Waals surface area contributed by atoms with Crippen molar-refractivity contribution < 1.29 is 17.9 Å². The van der Waals surface area contributed by atoms with E-state index in [-0.39, 0.29) is 5.65 Å². The van der Waals surface area contributed by atoms with Gasteiger partial charge in [-0.25, -0.2) is 0 Å². The zero-order valence-corrected chi connectivity index (χ0v) is 16.2. The predicted octanol–water partition coefficient (Wildman–Crippen LogP) is 2.31. The first-order valence-electron chi connectivity index (χ1n) is 9.69. The summed E-state index contributed by atoms with van der Waals surface area (Å²) in [6.07, 6.45) is -2.58. The van der Waals surface area contributed by atoms with E-state index in [0.29, 0.717) is 17.3 Å². The maximum absolute atomic E-state index is 13.2. The summed E-state index contributed by atoms with van der Waals surface area (Å²) in [5.74, 6) is 0.120. The average Bonchev–Trinajstić information content (AvgIpc) is 3.11. The van der Waals surface area contributed by atoms with E-state index in [2.05, 4.69) is 25.1 Å². The fourth-order valence-electron chi connectivity index (χ4n) is 4.07. The zero-order valence-electron chi connectivity index (χ0n) is 16.2. The molecule has 2 aromatic rings. The molecule has 0 atom stereocenters. The summed E-state index contributed by atoms with van der Waals surface area (Å²) in [7, 11) is 0. The second kappa shape index (κ2) is 7.47. The van der Waals surface area contributed by atoms with Gasteiger partial charge in [0, 0.05) is 43.9 Å². The van der Waals surface area contributed by atoms with Crippen molar-refractivity contribution >= 4 is 11.5 Å². The molecule has 2 saturated heterocycles. The van der Waals surface area contributed by atoms with Crippen LogP contribution in [-0.2, 0) is 10.9 Å². The van der Waals surface area contributed by atoms with Crippen LogP contribution in [0.25, 0.3) is 5.65 Å². The fourth-order valence-corrected chi connectivity index (χ4v) is 4.07. The molecule has 2 fully saturated rings. The minimum Gasteiger partial charge on any atom is -0.379 e. The van der Waals surface area contributed by atoms with Gasteiger partial charge in [0.1, 0.15) is 0 Å². The fraction of sp³-hybridized carbons (Fsp3) is 0.722. The van der Waals surface area contributed by atoms with Crippen LogP contribution >= 0.6 is 0 Å². The molecule has 0 spiro atoms. The van der Waals surface area contributed by atoms with Gasteiger partial charge in [-0.3, -0.25) is 4.90 Å². The van der Waals surface area contributed by atoms with Crippen LogP contribution < -0.4 is 4.90 Å². The van der Waals surface area contributed by atoms with E-state index in [1.165, 1.54) is 0 Å². The van der Waals surface area contributed by atoms with E-state index in [1.54, 1.807) is 6.92 Å². The highest BCUT2D eigenvalue weighted by molar-refractivity contribution is 5.59. The topological polar surface area (TPSA) is 58.8 Å². The van der Waals surface area contributed by atoms with Crippen LogP contribution in [0.5, 0.6) is 0 Å². The van der Waals surface area contributed by atoms with Gasteiger partial charge in [-0.2, -0.15) is 17.7 Å². The normalized spacial score (nSPS) is 20.2. The Morgan fingerprint density at radius 1 is 1.00 bits per heavy atom. The van der Waals surface area contributed by atoms with Crippen LogP contribution in [0.15, 0.2) is 0 Å². The molecule has 0 aromatic carbocycles. The molecule has 2 aromatic heterocycles. The lowest BCUT2D eigenvalue weighted by atomic mass is 9.95. The number of piperidine rings is 1. The predicted molar refractivity (Wildman–Crippen MR) is 97.5 cm³/mol. The third kappa shape index (κ3) is 3.67. The number of morpholine rings is 1. The summed E-state index contributed by atoms with van der Waals surface area (Å²) in [6.45, 7) is 9.84. The molecule has 0 N–H and O–H groups in total. The number of alkyl halides is 3. The van der Waals surface area contributed by atoms with Crippen molar-refractivity contribution in [2.45, 2.75) is 32.9 Å². The number of aryl methyl sites for hydroxylation is 1. The average molecular weight is 398 g/mol. The van der Waals surface area contributed by atoms with Gasteiger partial charge < -0.3 is 9.64 Å². The summed E-state index contributed by atoms with van der Waals surface area (Å²) in [5, 5.41) is 11.3. The number of aromatic nitrogens is 4. The lowest BCUT2D eigenvalue weighted by Crippen LogP contribution is -2.43. The number of hydrogen-bond donors (Lipinski definition) is 0. The van der Waals surface area contributed by atoms with Crippen molar-refractivity contribution in [3.63, 3.8) is 0 Å². The summed E-state index contributed by atoms with van der Waals surface area (Å²) < 4.78 is 46.0. The quantitative estimate of drug-likeness (QED) is 0.791. The van der Waals surface area contributed by atoms with Crippen LogP contribution in [0, 0.1) is 19.8 Å². The van der Waals surface area contributed by atoms with E-state index >= 15 is 0 Å². The highest BCUT2D eigenvalue weighted by Gasteiger charge is 2.38. The standard InChI is InChI=1S/C18H25F3N6O/c1-12-13(2)16(24-27-15(12)22-23-17(27)18(19,20)21)26-5-3-14(4-6-26)11-25-7-9-28-10-8-25/h14H,3-11H2,1-2H3. The molecule has 0 aliphatic carbocycles. The largest absolute Gasteiger partial charge is 0.453 e. The Balaban J connectivity index is 1.52. The second-order valence-corrected chi connectivity index (χ2v) is 7.67. The monoisotopic (exact) mass is 398 g/mol. The zero-order chi connectivity index (χ0) is 19.9. The number of fused-ring (bicyclic) bond motifs is 1. The number of rotatable bonds is 3. The molecule has 0 radical (unpaired) electrons. The molecule has 0 unspecified atom stereocenters. The Hall–Kier alpha value is -1.94. The van der Waals surface area contributed by atoms with Crippen molar-refractivity contribution in [3.05, 3.63) is 17.0 Å². The number of ether oxygens (including phenoxy) is 1. The van der Waals surface area contributed by atoms with Gasteiger partial charge in [-0.05, 0) is 32.6 Å². The maximum Gasteiger partial charge on any atom is 0.453 e. The summed E-state index contributed by atoms with van der Waals surface area (Å²) in [6, 6.07) is 0. The Labute approximate surface area is 161 Å². The van der Waals surface area contributed by atoms with Gasteiger partial charge in [-0.1, -0.05) is 0 Å². The molecular weight excluding hydrogens is 373 g/mol. The Bertz CT molecular complexity index is 838. The van der Waals surface area contributed by atoms with E-state index in [0.717, 1.165) is 68.9 Å². The van der Waals surface area contributed by atoms with Gasteiger partial charge >= 0.3 is 6.18 Å². The van der Waals surface area contributed by atoms with E-state index in [4.69, 9.17) is 4.74 Å². The van der Waals surface area contributed by atoms with Crippen LogP contribution in [0.1, 0.15) is 29.8 Å². The molecule has 154 valence electrons. The first-order chi connectivity index (χ1) is 13.3. The summed E-state index contributed by atoms with van der Waals surface area (Å²) in [4.78, 5) is 4.54. The SMILES string of the molecule is Cc1c(N2CCC(CN3CCOCC3)CC2)nn2c(C(F)(F)F)nnc2c1C. The first-order valence-corrected chi connectivity index (χ1v) is 9.69. The number of hydrogen-bond acceptors (Lipinski definition) is 6. The van der Waals surface area contributed by atoms with Crippen molar-refractivity contribution in [2.75, 3.05) is 50.8 Å². The van der Waals surface area contributed by atoms with Crippen LogP contribution in [0.3, 0.4) is 0 Å². The number of anilines is 1. The molecule has 0 saturated carbocycles. The molecule has 0 bridgehead atoms. The van der Waals surface area contributed by atoms with E-state index in [1.807, 2.05) is 6.92 Å². The molecule has 4 heterocycles. The van der Waals surface area contributed by atoms with Gasteiger partial charge in [0.25, 0.3) is 5.82 Å². The minimum absolute atomic E-state index is 0.163. The van der Waals surface area contributed by atoms with Crippen molar-refractivity contribution in [2.24, 2.45) is 5.92 Å². The molecule has 7 nitrogen and oxygen atoms in total. The van der Waals surface area contributed by atoms with E-state index < -0.39 is 12.0 Å². The van der Waals surface area contributed by atoms with Crippen molar-refractivity contribution in [3.8, 4) is 0 Å². The van der Waals surface area contributed by atoms with Crippen LogP contribution in [0.2, 0.25) is 0 Å². The molecule has 28 heavy (non-hydrogen) atoms. The Morgan fingerprint density at radius 2 is 1.68 bits per heavy atom. The summed E-state index contributed by atoms with van der Waals surface area (Å²) >= 11 is 0. The molecule has 4 rings (SSSR count). The first kappa shape index (κ1) is 19.4. The molecule has 2 aliphatic heterocycles. The highest BCUT2D eigenvalue weighted by Crippen LogP contribution is 2.32. The third-order valence-corrected chi connectivity index (χ3v) is 5.86. The third-order valence-electron chi connectivity index (χ3n) is 5.86. The lowest BCUT2D eigenvalue weighted by molar-refractivity contribution is -0.146.